The molecule has 0 spiro atoms. The predicted octanol–water partition coefficient (Wildman–Crippen LogP) is 3.43. The number of carbonyl (C=O) groups is 1. The van der Waals surface area contributed by atoms with Crippen LogP contribution in [0.25, 0.3) is 0 Å². The van der Waals surface area contributed by atoms with Gasteiger partial charge in [-0.3, -0.25) is 4.79 Å². The Bertz CT molecular complexity index is 431. The molecule has 1 amide bonds. The fourth-order valence-electron chi connectivity index (χ4n) is 1.75. The van der Waals surface area contributed by atoms with Crippen molar-refractivity contribution >= 4 is 27.5 Å². The number of amides is 1. The molecule has 0 aliphatic heterocycles. The third-order valence-electron chi connectivity index (χ3n) is 2.59. The average molecular weight is 317 g/mol. The van der Waals surface area contributed by atoms with E-state index in [4.69, 9.17) is 5.73 Å². The summed E-state index contributed by atoms with van der Waals surface area (Å²) in [6.07, 6.45) is 1.78. The van der Waals surface area contributed by atoms with Crippen molar-refractivity contribution in [2.75, 3.05) is 18.8 Å². The van der Waals surface area contributed by atoms with Crippen molar-refractivity contribution in [3.05, 3.63) is 28.0 Å². The van der Waals surface area contributed by atoms with Crippen molar-refractivity contribution in [2.24, 2.45) is 0 Å². The third kappa shape index (κ3) is 3.45. The molecule has 0 bridgehead atoms. The van der Waals surface area contributed by atoms with Gasteiger partial charge in [0.1, 0.15) is 5.82 Å². The van der Waals surface area contributed by atoms with Gasteiger partial charge in [-0.1, -0.05) is 13.8 Å². The molecule has 3 nitrogen and oxygen atoms in total. The Morgan fingerprint density at radius 1 is 1.33 bits per heavy atom. The van der Waals surface area contributed by atoms with Crippen LogP contribution in [0.1, 0.15) is 37.0 Å². The first kappa shape index (κ1) is 15.0. The van der Waals surface area contributed by atoms with Gasteiger partial charge in [0.25, 0.3) is 5.91 Å². The Morgan fingerprint density at radius 2 is 1.89 bits per heavy atom. The van der Waals surface area contributed by atoms with Crippen molar-refractivity contribution in [3.63, 3.8) is 0 Å². The largest absolute Gasteiger partial charge is 0.396 e. The Morgan fingerprint density at radius 3 is 2.39 bits per heavy atom. The lowest BCUT2D eigenvalue weighted by atomic mass is 10.1. The minimum Gasteiger partial charge on any atom is -0.396 e. The molecule has 0 heterocycles. The number of nitrogens with two attached hydrogens (primary N) is 1. The molecule has 5 heteroatoms. The molecule has 1 aromatic carbocycles. The Labute approximate surface area is 115 Å². The first-order chi connectivity index (χ1) is 8.51. The number of anilines is 1. The van der Waals surface area contributed by atoms with Gasteiger partial charge in [-0.15, -0.1) is 0 Å². The van der Waals surface area contributed by atoms with E-state index >= 15 is 0 Å². The molecule has 0 atom stereocenters. The molecule has 0 radical (unpaired) electrons. The molecular formula is C13H18BrFN2O. The van der Waals surface area contributed by atoms with E-state index in [1.165, 1.54) is 12.1 Å². The molecule has 0 fully saturated rings. The summed E-state index contributed by atoms with van der Waals surface area (Å²) in [4.78, 5) is 14.1. The number of rotatable bonds is 5. The second-order valence-electron chi connectivity index (χ2n) is 4.15. The standard InChI is InChI=1S/C13H18BrFN2O/c1-3-5-17(6-4-2)13(18)9-7-12(16)11(15)8-10(9)14/h7-8H,3-6,16H2,1-2H3. The van der Waals surface area contributed by atoms with Crippen molar-refractivity contribution in [3.8, 4) is 0 Å². The molecule has 18 heavy (non-hydrogen) atoms. The van der Waals surface area contributed by atoms with Crippen LogP contribution >= 0.6 is 15.9 Å². The summed E-state index contributed by atoms with van der Waals surface area (Å²) in [7, 11) is 0. The lowest BCUT2D eigenvalue weighted by molar-refractivity contribution is 0.0754. The predicted molar refractivity (Wildman–Crippen MR) is 75.0 cm³/mol. The summed E-state index contributed by atoms with van der Waals surface area (Å²) >= 11 is 3.21. The average Bonchev–Trinajstić information content (AvgIpc) is 2.33. The molecule has 100 valence electrons. The summed E-state index contributed by atoms with van der Waals surface area (Å²) in [6.45, 7) is 5.42. The molecule has 0 aliphatic rings. The van der Waals surface area contributed by atoms with Crippen LogP contribution in [0.4, 0.5) is 10.1 Å². The van der Waals surface area contributed by atoms with Crippen LogP contribution in [0.15, 0.2) is 16.6 Å². The fourth-order valence-corrected chi connectivity index (χ4v) is 2.24. The van der Waals surface area contributed by atoms with Gasteiger partial charge in [-0.2, -0.15) is 0 Å². The molecule has 0 saturated heterocycles. The Balaban J connectivity index is 3.04. The van der Waals surface area contributed by atoms with Crippen LogP contribution in [0.3, 0.4) is 0 Å². The van der Waals surface area contributed by atoms with Crippen LogP contribution in [-0.4, -0.2) is 23.9 Å². The van der Waals surface area contributed by atoms with E-state index in [1.807, 2.05) is 13.8 Å². The van der Waals surface area contributed by atoms with Crippen molar-refractivity contribution in [1.82, 2.24) is 4.90 Å². The molecule has 1 rings (SSSR count). The zero-order valence-electron chi connectivity index (χ0n) is 10.7. The van der Waals surface area contributed by atoms with Crippen LogP contribution in [-0.2, 0) is 0 Å². The second kappa shape index (κ2) is 6.73. The van der Waals surface area contributed by atoms with Crippen molar-refractivity contribution in [1.29, 1.82) is 0 Å². The first-order valence-corrected chi connectivity index (χ1v) is 6.84. The van der Waals surface area contributed by atoms with Crippen LogP contribution in [0.2, 0.25) is 0 Å². The van der Waals surface area contributed by atoms with E-state index in [1.54, 1.807) is 4.90 Å². The Hall–Kier alpha value is -1.10. The molecule has 0 aliphatic carbocycles. The van der Waals surface area contributed by atoms with Crippen LogP contribution in [0, 0.1) is 5.82 Å². The molecule has 1 aromatic rings. The van der Waals surface area contributed by atoms with E-state index in [0.717, 1.165) is 12.8 Å². The quantitative estimate of drug-likeness (QED) is 0.846. The Kier molecular flexibility index (Phi) is 5.59. The highest BCUT2D eigenvalue weighted by atomic mass is 79.9. The fraction of sp³-hybridized carbons (Fsp3) is 0.462. The van der Waals surface area contributed by atoms with E-state index in [-0.39, 0.29) is 11.6 Å². The summed E-state index contributed by atoms with van der Waals surface area (Å²) in [5.41, 5.74) is 5.92. The van der Waals surface area contributed by atoms with Gasteiger partial charge in [-0.25, -0.2) is 4.39 Å². The highest BCUT2D eigenvalue weighted by Crippen LogP contribution is 2.24. The summed E-state index contributed by atoms with van der Waals surface area (Å²) in [5, 5.41) is 0. The highest BCUT2D eigenvalue weighted by Gasteiger charge is 2.18. The van der Waals surface area contributed by atoms with E-state index in [9.17, 15) is 9.18 Å². The van der Waals surface area contributed by atoms with E-state index < -0.39 is 5.82 Å². The van der Waals surface area contributed by atoms with Gasteiger partial charge in [-0.05, 0) is 40.9 Å². The molecule has 2 N–H and O–H groups in total. The number of nitrogen functional groups attached to an aromatic ring is 1. The maximum atomic E-state index is 13.2. The number of halogens is 2. The number of hydrogen-bond acceptors (Lipinski definition) is 2. The molecular weight excluding hydrogens is 299 g/mol. The normalized spacial score (nSPS) is 10.4. The van der Waals surface area contributed by atoms with Gasteiger partial charge < -0.3 is 10.6 Å². The first-order valence-electron chi connectivity index (χ1n) is 6.05. The van der Waals surface area contributed by atoms with E-state index in [2.05, 4.69) is 15.9 Å². The van der Waals surface area contributed by atoms with Gasteiger partial charge in [0.2, 0.25) is 0 Å². The van der Waals surface area contributed by atoms with Gasteiger partial charge in [0.05, 0.1) is 11.3 Å². The monoisotopic (exact) mass is 316 g/mol. The second-order valence-corrected chi connectivity index (χ2v) is 5.00. The maximum absolute atomic E-state index is 13.2. The lowest BCUT2D eigenvalue weighted by Gasteiger charge is -2.22. The van der Waals surface area contributed by atoms with Crippen LogP contribution < -0.4 is 5.73 Å². The molecule has 0 saturated carbocycles. The minimum atomic E-state index is -0.518. The van der Waals surface area contributed by atoms with E-state index in [0.29, 0.717) is 23.1 Å². The smallest absolute Gasteiger partial charge is 0.255 e. The summed E-state index contributed by atoms with van der Waals surface area (Å²) < 4.78 is 13.7. The van der Waals surface area contributed by atoms with Gasteiger partial charge in [0.15, 0.2) is 0 Å². The zero-order chi connectivity index (χ0) is 13.7. The van der Waals surface area contributed by atoms with Crippen molar-refractivity contribution in [2.45, 2.75) is 26.7 Å². The zero-order valence-corrected chi connectivity index (χ0v) is 12.3. The number of carbonyl (C=O) groups excluding carboxylic acids is 1. The number of benzene rings is 1. The van der Waals surface area contributed by atoms with Gasteiger partial charge >= 0.3 is 0 Å². The topological polar surface area (TPSA) is 46.3 Å². The van der Waals surface area contributed by atoms with Gasteiger partial charge in [0, 0.05) is 17.6 Å². The van der Waals surface area contributed by atoms with Crippen LogP contribution in [0.5, 0.6) is 0 Å². The summed E-state index contributed by atoms with van der Waals surface area (Å²) in [5.74, 6) is -0.631. The third-order valence-corrected chi connectivity index (χ3v) is 3.25. The molecule has 0 unspecified atom stereocenters. The number of nitrogens with zero attached hydrogens (tertiary/aromatic N) is 1. The molecule has 0 aromatic heterocycles. The summed E-state index contributed by atoms with van der Waals surface area (Å²) in [6, 6.07) is 2.62. The number of hydrogen-bond donors (Lipinski definition) is 1. The maximum Gasteiger partial charge on any atom is 0.255 e. The minimum absolute atomic E-state index is 0.00510. The SMILES string of the molecule is CCCN(CCC)C(=O)c1cc(N)c(F)cc1Br. The lowest BCUT2D eigenvalue weighted by Crippen LogP contribution is -2.32. The van der Waals surface area contributed by atoms with Crippen molar-refractivity contribution < 1.29 is 9.18 Å². The highest BCUT2D eigenvalue weighted by molar-refractivity contribution is 9.10.